The summed E-state index contributed by atoms with van der Waals surface area (Å²) in [5.41, 5.74) is 1.80. The van der Waals surface area contributed by atoms with E-state index < -0.39 is 9.84 Å². The molecule has 102 valence electrons. The second-order valence-corrected chi connectivity index (χ2v) is 6.46. The first kappa shape index (κ1) is 15.0. The van der Waals surface area contributed by atoms with Gasteiger partial charge < -0.3 is 10.1 Å². The van der Waals surface area contributed by atoms with E-state index in [1.54, 1.807) is 14.0 Å². The summed E-state index contributed by atoms with van der Waals surface area (Å²) in [7, 11) is -1.49. The molecule has 0 saturated carbocycles. The van der Waals surface area contributed by atoms with Gasteiger partial charge in [-0.3, -0.25) is 0 Å². The Balaban J connectivity index is 2.99. The number of hydrogen-bond donors (Lipinski definition) is 1. The van der Waals surface area contributed by atoms with Crippen molar-refractivity contribution in [2.24, 2.45) is 0 Å². The van der Waals surface area contributed by atoms with Gasteiger partial charge in [0.2, 0.25) is 0 Å². The number of sulfone groups is 1. The lowest BCUT2D eigenvalue weighted by Crippen LogP contribution is -2.13. The molecule has 0 unspecified atom stereocenters. The van der Waals surface area contributed by atoms with Crippen LogP contribution in [0, 0.1) is 0 Å². The molecule has 1 aromatic carbocycles. The molecule has 0 atom stereocenters. The Morgan fingerprint density at radius 2 is 2.00 bits per heavy atom. The normalized spacial score (nSPS) is 11.5. The number of benzene rings is 1. The van der Waals surface area contributed by atoms with Crippen molar-refractivity contribution in [1.82, 2.24) is 5.32 Å². The highest BCUT2D eigenvalue weighted by atomic mass is 32.2. The third-order valence-electron chi connectivity index (χ3n) is 2.74. The fraction of sp³-hybridized carbons (Fsp3) is 0.538. The van der Waals surface area contributed by atoms with Crippen molar-refractivity contribution >= 4 is 9.84 Å². The van der Waals surface area contributed by atoms with Gasteiger partial charge in [0.1, 0.15) is 5.75 Å². The first-order chi connectivity index (χ1) is 8.52. The molecule has 0 spiro atoms. The Morgan fingerprint density at radius 3 is 2.56 bits per heavy atom. The largest absolute Gasteiger partial charge is 0.496 e. The summed E-state index contributed by atoms with van der Waals surface area (Å²) in [5, 5.41) is 3.22. The van der Waals surface area contributed by atoms with Crippen LogP contribution in [0.3, 0.4) is 0 Å². The number of rotatable bonds is 7. The molecule has 5 heteroatoms. The third kappa shape index (κ3) is 4.31. The van der Waals surface area contributed by atoms with Gasteiger partial charge in [-0.2, -0.15) is 0 Å². The topological polar surface area (TPSA) is 55.4 Å². The average molecular weight is 271 g/mol. The maximum atomic E-state index is 11.7. The Hall–Kier alpha value is -1.07. The van der Waals surface area contributed by atoms with Crippen LogP contribution in [0.1, 0.15) is 25.0 Å². The lowest BCUT2D eigenvalue weighted by molar-refractivity contribution is 0.410. The molecular weight excluding hydrogens is 250 g/mol. The van der Waals surface area contributed by atoms with Crippen LogP contribution in [0.5, 0.6) is 5.75 Å². The van der Waals surface area contributed by atoms with Crippen LogP contribution in [0.15, 0.2) is 18.2 Å². The molecule has 0 amide bonds. The molecule has 1 N–H and O–H groups in total. The monoisotopic (exact) mass is 271 g/mol. The smallest absolute Gasteiger partial charge is 0.154 e. The van der Waals surface area contributed by atoms with Gasteiger partial charge in [0.15, 0.2) is 9.84 Å². The minimum atomic E-state index is -3.04. The molecule has 0 fully saturated rings. The van der Waals surface area contributed by atoms with E-state index in [2.05, 4.69) is 5.32 Å². The van der Waals surface area contributed by atoms with Gasteiger partial charge in [-0.15, -0.1) is 0 Å². The highest BCUT2D eigenvalue weighted by molar-refractivity contribution is 7.90. The quantitative estimate of drug-likeness (QED) is 0.820. The number of ether oxygens (including phenoxy) is 1. The summed E-state index contributed by atoms with van der Waals surface area (Å²) in [6.07, 6.45) is 0. The summed E-state index contributed by atoms with van der Waals surface area (Å²) in [4.78, 5) is 0. The van der Waals surface area contributed by atoms with E-state index in [4.69, 9.17) is 4.74 Å². The Bertz CT molecular complexity index is 483. The third-order valence-corrected chi connectivity index (χ3v) is 4.37. The summed E-state index contributed by atoms with van der Waals surface area (Å²) in [5.74, 6) is 0.813. The van der Waals surface area contributed by atoms with Gasteiger partial charge in [-0.1, -0.05) is 19.9 Å². The molecule has 0 radical (unpaired) electrons. The molecular formula is C13H21NO3S. The maximum absolute atomic E-state index is 11.7. The van der Waals surface area contributed by atoms with Gasteiger partial charge in [-0.25, -0.2) is 8.42 Å². The molecule has 0 aliphatic carbocycles. The summed E-state index contributed by atoms with van der Waals surface area (Å²) in [6.45, 7) is 5.31. The van der Waals surface area contributed by atoms with Crippen LogP contribution in [-0.4, -0.2) is 27.8 Å². The molecule has 0 saturated heterocycles. The lowest BCUT2D eigenvalue weighted by atomic mass is 10.1. The van der Waals surface area contributed by atoms with E-state index in [-0.39, 0.29) is 11.5 Å². The number of hydrogen-bond acceptors (Lipinski definition) is 4. The Labute approximate surface area is 109 Å². The van der Waals surface area contributed by atoms with Crippen LogP contribution in [-0.2, 0) is 22.1 Å². The van der Waals surface area contributed by atoms with Crippen molar-refractivity contribution in [3.05, 3.63) is 29.3 Å². The fourth-order valence-corrected chi connectivity index (χ4v) is 2.57. The highest BCUT2D eigenvalue weighted by Crippen LogP contribution is 2.22. The van der Waals surface area contributed by atoms with Gasteiger partial charge in [0.25, 0.3) is 0 Å². The molecule has 4 nitrogen and oxygen atoms in total. The highest BCUT2D eigenvalue weighted by Gasteiger charge is 2.13. The first-order valence-corrected chi connectivity index (χ1v) is 7.91. The zero-order chi connectivity index (χ0) is 13.6. The van der Waals surface area contributed by atoms with Crippen LogP contribution < -0.4 is 10.1 Å². The molecule has 0 heterocycles. The second kappa shape index (κ2) is 6.75. The van der Waals surface area contributed by atoms with E-state index in [1.807, 2.05) is 25.1 Å². The van der Waals surface area contributed by atoms with Crippen LogP contribution in [0.4, 0.5) is 0 Å². The summed E-state index contributed by atoms with van der Waals surface area (Å²) < 4.78 is 28.6. The predicted molar refractivity (Wildman–Crippen MR) is 73.5 cm³/mol. The van der Waals surface area contributed by atoms with E-state index in [1.165, 1.54) is 0 Å². The molecule has 0 bridgehead atoms. The average Bonchev–Trinajstić information content (AvgIpc) is 2.36. The second-order valence-electron chi connectivity index (χ2n) is 4.10. The molecule has 0 aliphatic rings. The molecule has 0 aromatic heterocycles. The van der Waals surface area contributed by atoms with Crippen molar-refractivity contribution in [1.29, 1.82) is 0 Å². The van der Waals surface area contributed by atoms with E-state index in [0.29, 0.717) is 5.75 Å². The van der Waals surface area contributed by atoms with E-state index >= 15 is 0 Å². The fourth-order valence-electron chi connectivity index (χ4n) is 1.66. The van der Waals surface area contributed by atoms with E-state index in [0.717, 1.165) is 24.2 Å². The molecule has 18 heavy (non-hydrogen) atoms. The van der Waals surface area contributed by atoms with Crippen LogP contribution in [0.2, 0.25) is 0 Å². The van der Waals surface area contributed by atoms with Crippen molar-refractivity contribution in [2.45, 2.75) is 26.1 Å². The van der Waals surface area contributed by atoms with Crippen molar-refractivity contribution < 1.29 is 13.2 Å². The lowest BCUT2D eigenvalue weighted by Gasteiger charge is -2.11. The maximum Gasteiger partial charge on any atom is 0.154 e. The minimum Gasteiger partial charge on any atom is -0.496 e. The Kier molecular flexibility index (Phi) is 5.62. The van der Waals surface area contributed by atoms with Gasteiger partial charge in [-0.05, 0) is 24.2 Å². The summed E-state index contributed by atoms with van der Waals surface area (Å²) >= 11 is 0. The molecule has 0 aliphatic heterocycles. The number of methoxy groups -OCH3 is 1. The minimum absolute atomic E-state index is 0.0344. The zero-order valence-electron chi connectivity index (χ0n) is 11.2. The van der Waals surface area contributed by atoms with Crippen molar-refractivity contribution in [2.75, 3.05) is 19.4 Å². The van der Waals surface area contributed by atoms with Crippen molar-refractivity contribution in [3.63, 3.8) is 0 Å². The van der Waals surface area contributed by atoms with E-state index in [9.17, 15) is 8.42 Å². The standard InChI is InChI=1S/C13H21NO3S/c1-4-14-9-11-6-7-13(17-3)12(8-11)10-18(15,16)5-2/h6-8,14H,4-5,9-10H2,1-3H3. The molecule has 1 rings (SSSR count). The van der Waals surface area contributed by atoms with Gasteiger partial charge in [0.05, 0.1) is 12.9 Å². The molecule has 1 aromatic rings. The first-order valence-electron chi connectivity index (χ1n) is 6.09. The Morgan fingerprint density at radius 1 is 1.28 bits per heavy atom. The number of nitrogens with one attached hydrogen (secondary N) is 1. The van der Waals surface area contributed by atoms with Crippen LogP contribution >= 0.6 is 0 Å². The van der Waals surface area contributed by atoms with Crippen molar-refractivity contribution in [3.8, 4) is 5.75 Å². The predicted octanol–water partition coefficient (Wildman–Crippen LogP) is 1.74. The van der Waals surface area contributed by atoms with Gasteiger partial charge in [0, 0.05) is 17.9 Å². The summed E-state index contributed by atoms with van der Waals surface area (Å²) in [6, 6.07) is 5.67. The van der Waals surface area contributed by atoms with Gasteiger partial charge >= 0.3 is 0 Å². The van der Waals surface area contributed by atoms with Crippen LogP contribution in [0.25, 0.3) is 0 Å². The zero-order valence-corrected chi connectivity index (χ0v) is 12.0. The SMILES string of the molecule is CCNCc1ccc(OC)c(CS(=O)(=O)CC)c1.